The number of aromatic carboxylic acids is 1. The first kappa shape index (κ1) is 13.9. The van der Waals surface area contributed by atoms with E-state index in [0.29, 0.717) is 11.4 Å². The molecule has 1 atom stereocenters. The van der Waals surface area contributed by atoms with Crippen LogP contribution in [0, 0.1) is 5.41 Å². The average Bonchev–Trinajstić information content (AvgIpc) is 2.70. The van der Waals surface area contributed by atoms with Gasteiger partial charge in [0.2, 0.25) is 5.91 Å². The molecule has 0 aliphatic heterocycles. The number of amides is 1. The molecule has 1 amide bonds. The van der Waals surface area contributed by atoms with Crippen LogP contribution in [0.4, 0.5) is 8.78 Å². The van der Waals surface area contributed by atoms with Crippen LogP contribution in [0.3, 0.4) is 0 Å². The molecule has 1 saturated carbocycles. The number of hydrogen-bond acceptors (Lipinski definition) is 4. The second-order valence-electron chi connectivity index (χ2n) is 4.65. The highest BCUT2D eigenvalue weighted by molar-refractivity contribution is 7.09. The van der Waals surface area contributed by atoms with Gasteiger partial charge in [0, 0.05) is 24.8 Å². The summed E-state index contributed by atoms with van der Waals surface area (Å²) >= 11 is 1.16. The monoisotopic (exact) mass is 290 g/mol. The Kier molecular flexibility index (Phi) is 3.29. The number of hydrogen-bond donors (Lipinski definition) is 2. The molecule has 0 bridgehead atoms. The number of alkyl halides is 2. The summed E-state index contributed by atoms with van der Waals surface area (Å²) in [7, 11) is 0. The summed E-state index contributed by atoms with van der Waals surface area (Å²) in [5, 5.41) is 13.0. The Morgan fingerprint density at radius 3 is 2.68 bits per heavy atom. The molecule has 1 aromatic heterocycles. The van der Waals surface area contributed by atoms with E-state index in [4.69, 9.17) is 5.11 Å². The molecule has 1 unspecified atom stereocenters. The summed E-state index contributed by atoms with van der Waals surface area (Å²) in [4.78, 5) is 26.0. The minimum absolute atomic E-state index is 0.0491. The van der Waals surface area contributed by atoms with Crippen molar-refractivity contribution in [3.8, 4) is 0 Å². The largest absolute Gasteiger partial charge is 0.476 e. The number of thiazole rings is 1. The number of carbonyl (C=O) groups excluding carboxylic acids is 1. The molecule has 104 valence electrons. The predicted octanol–water partition coefficient (Wildman–Crippen LogP) is 1.55. The second-order valence-corrected chi connectivity index (χ2v) is 5.59. The number of rotatable bonds is 5. The maximum absolute atomic E-state index is 12.9. The van der Waals surface area contributed by atoms with E-state index >= 15 is 0 Å². The maximum atomic E-state index is 12.9. The van der Waals surface area contributed by atoms with Gasteiger partial charge in [-0.05, 0) is 6.92 Å². The van der Waals surface area contributed by atoms with Crippen LogP contribution in [0.5, 0.6) is 0 Å². The molecule has 0 radical (unpaired) electrons. The standard InChI is InChI=1S/C11H12F2N2O3S/c1-10(5-11(10,12)13)9(18)14-3-2-7-15-6(4-19-7)8(16)17/h4H,2-3,5H2,1H3,(H,14,18)(H,16,17). The first-order valence-corrected chi connectivity index (χ1v) is 6.48. The Bertz CT molecular complexity index is 532. The fourth-order valence-corrected chi connectivity index (χ4v) is 2.42. The zero-order chi connectivity index (χ0) is 14.3. The minimum atomic E-state index is -2.92. The molecule has 2 rings (SSSR count). The molecular weight excluding hydrogens is 278 g/mol. The molecule has 0 spiro atoms. The van der Waals surface area contributed by atoms with Crippen molar-refractivity contribution < 1.29 is 23.5 Å². The lowest BCUT2D eigenvalue weighted by Crippen LogP contribution is -2.34. The van der Waals surface area contributed by atoms with Gasteiger partial charge in [0.15, 0.2) is 5.69 Å². The zero-order valence-electron chi connectivity index (χ0n) is 10.1. The van der Waals surface area contributed by atoms with Gasteiger partial charge in [0.25, 0.3) is 5.92 Å². The van der Waals surface area contributed by atoms with E-state index in [1.54, 1.807) is 0 Å². The molecule has 0 aromatic carbocycles. The van der Waals surface area contributed by atoms with Crippen molar-refractivity contribution in [2.45, 2.75) is 25.7 Å². The Morgan fingerprint density at radius 1 is 1.58 bits per heavy atom. The number of halogens is 2. The van der Waals surface area contributed by atoms with E-state index in [2.05, 4.69) is 10.3 Å². The zero-order valence-corrected chi connectivity index (χ0v) is 10.9. The van der Waals surface area contributed by atoms with Crippen LogP contribution in [0.2, 0.25) is 0 Å². The third kappa shape index (κ3) is 2.58. The van der Waals surface area contributed by atoms with Crippen molar-refractivity contribution in [2.24, 2.45) is 5.41 Å². The Balaban J connectivity index is 1.81. The molecule has 1 fully saturated rings. The molecular formula is C11H12F2N2O3S. The van der Waals surface area contributed by atoms with Crippen LogP contribution in [-0.2, 0) is 11.2 Å². The van der Waals surface area contributed by atoms with Gasteiger partial charge in [-0.1, -0.05) is 0 Å². The lowest BCUT2D eigenvalue weighted by atomic mass is 10.1. The highest BCUT2D eigenvalue weighted by Crippen LogP contribution is 2.60. The molecule has 0 saturated heterocycles. The Hall–Kier alpha value is -1.57. The summed E-state index contributed by atoms with van der Waals surface area (Å²) in [6.07, 6.45) is -0.0996. The van der Waals surface area contributed by atoms with Crippen molar-refractivity contribution in [1.82, 2.24) is 10.3 Å². The Morgan fingerprint density at radius 2 is 2.21 bits per heavy atom. The molecule has 1 aliphatic rings. The lowest BCUT2D eigenvalue weighted by molar-refractivity contribution is -0.129. The highest BCUT2D eigenvalue weighted by Gasteiger charge is 2.72. The van der Waals surface area contributed by atoms with Crippen molar-refractivity contribution >= 4 is 23.2 Å². The van der Waals surface area contributed by atoms with Gasteiger partial charge in [-0.15, -0.1) is 11.3 Å². The summed E-state index contributed by atoms with van der Waals surface area (Å²) in [6.45, 7) is 1.39. The molecule has 19 heavy (non-hydrogen) atoms. The van der Waals surface area contributed by atoms with Gasteiger partial charge in [-0.3, -0.25) is 4.79 Å². The third-order valence-corrected chi connectivity index (χ3v) is 4.06. The van der Waals surface area contributed by atoms with Crippen LogP contribution >= 0.6 is 11.3 Å². The highest BCUT2D eigenvalue weighted by atomic mass is 32.1. The molecule has 8 heteroatoms. The smallest absolute Gasteiger partial charge is 0.355 e. The maximum Gasteiger partial charge on any atom is 0.355 e. The van der Waals surface area contributed by atoms with E-state index in [1.807, 2.05) is 0 Å². The number of carboxylic acids is 1. The van der Waals surface area contributed by atoms with E-state index < -0.39 is 29.6 Å². The van der Waals surface area contributed by atoms with Gasteiger partial charge in [0.05, 0.1) is 5.01 Å². The van der Waals surface area contributed by atoms with Crippen LogP contribution in [0.15, 0.2) is 5.38 Å². The number of nitrogens with zero attached hydrogens (tertiary/aromatic N) is 1. The number of aromatic nitrogens is 1. The van der Waals surface area contributed by atoms with Crippen molar-refractivity contribution in [3.05, 3.63) is 16.1 Å². The quantitative estimate of drug-likeness (QED) is 0.862. The van der Waals surface area contributed by atoms with Gasteiger partial charge in [-0.25, -0.2) is 18.6 Å². The van der Waals surface area contributed by atoms with Crippen LogP contribution < -0.4 is 5.32 Å². The fraction of sp³-hybridized carbons (Fsp3) is 0.545. The third-order valence-electron chi connectivity index (χ3n) is 3.15. The van der Waals surface area contributed by atoms with Crippen LogP contribution in [0.25, 0.3) is 0 Å². The Labute approximate surface area is 111 Å². The first-order chi connectivity index (χ1) is 8.76. The molecule has 5 nitrogen and oxygen atoms in total. The van der Waals surface area contributed by atoms with E-state index in [-0.39, 0.29) is 12.2 Å². The van der Waals surface area contributed by atoms with Gasteiger partial charge < -0.3 is 10.4 Å². The average molecular weight is 290 g/mol. The second kappa shape index (κ2) is 4.52. The van der Waals surface area contributed by atoms with Gasteiger partial charge in [0.1, 0.15) is 5.41 Å². The first-order valence-electron chi connectivity index (χ1n) is 5.60. The number of carbonyl (C=O) groups is 2. The van der Waals surface area contributed by atoms with Crippen molar-refractivity contribution in [2.75, 3.05) is 6.54 Å². The fourth-order valence-electron chi connectivity index (χ4n) is 1.65. The van der Waals surface area contributed by atoms with Gasteiger partial charge >= 0.3 is 5.97 Å². The molecule has 2 N–H and O–H groups in total. The predicted molar refractivity (Wildman–Crippen MR) is 63.5 cm³/mol. The molecule has 1 aromatic rings. The van der Waals surface area contributed by atoms with Crippen molar-refractivity contribution in [1.29, 1.82) is 0 Å². The molecule has 1 aliphatic carbocycles. The summed E-state index contributed by atoms with van der Waals surface area (Å²) in [5.41, 5.74) is -1.64. The summed E-state index contributed by atoms with van der Waals surface area (Å²) in [5.74, 6) is -4.71. The minimum Gasteiger partial charge on any atom is -0.476 e. The van der Waals surface area contributed by atoms with E-state index in [1.165, 1.54) is 12.3 Å². The van der Waals surface area contributed by atoms with Crippen LogP contribution in [-0.4, -0.2) is 34.4 Å². The number of nitrogens with one attached hydrogen (secondary N) is 1. The summed E-state index contributed by atoms with van der Waals surface area (Å²) in [6, 6.07) is 0. The van der Waals surface area contributed by atoms with E-state index in [9.17, 15) is 18.4 Å². The number of carboxylic acid groups (broad SMARTS) is 1. The normalized spacial score (nSPS) is 23.9. The topological polar surface area (TPSA) is 79.3 Å². The SMILES string of the molecule is CC1(C(=O)NCCc2nc(C(=O)O)cs2)CC1(F)F. The molecule has 1 heterocycles. The van der Waals surface area contributed by atoms with Crippen LogP contribution in [0.1, 0.15) is 28.8 Å². The van der Waals surface area contributed by atoms with E-state index in [0.717, 1.165) is 11.3 Å². The van der Waals surface area contributed by atoms with Crippen molar-refractivity contribution in [3.63, 3.8) is 0 Å². The lowest BCUT2D eigenvalue weighted by Gasteiger charge is -2.10. The van der Waals surface area contributed by atoms with Gasteiger partial charge in [-0.2, -0.15) is 0 Å². The summed E-state index contributed by atoms with van der Waals surface area (Å²) < 4.78 is 25.9.